The SMILES string of the molecule is CCC(Nc1cc(F)c(S)cc1Cl)c1ccncc1. The lowest BCUT2D eigenvalue weighted by Crippen LogP contribution is -2.10. The van der Waals surface area contributed by atoms with Crippen LogP contribution in [0.15, 0.2) is 41.6 Å². The second-order valence-corrected chi connectivity index (χ2v) is 5.06. The smallest absolute Gasteiger partial charge is 0.138 e. The summed E-state index contributed by atoms with van der Waals surface area (Å²) in [6.07, 6.45) is 4.32. The van der Waals surface area contributed by atoms with Crippen molar-refractivity contribution in [2.75, 3.05) is 5.32 Å². The van der Waals surface area contributed by atoms with E-state index in [9.17, 15) is 4.39 Å². The third-order valence-electron chi connectivity index (χ3n) is 2.88. The fourth-order valence-corrected chi connectivity index (χ4v) is 2.34. The fourth-order valence-electron chi connectivity index (χ4n) is 1.85. The Kier molecular flexibility index (Phi) is 4.66. The van der Waals surface area contributed by atoms with E-state index in [4.69, 9.17) is 11.6 Å². The highest BCUT2D eigenvalue weighted by molar-refractivity contribution is 7.80. The van der Waals surface area contributed by atoms with E-state index >= 15 is 0 Å². The summed E-state index contributed by atoms with van der Waals surface area (Å²) in [5.41, 5.74) is 1.66. The lowest BCUT2D eigenvalue weighted by molar-refractivity contribution is 0.602. The van der Waals surface area contributed by atoms with Gasteiger partial charge in [-0.25, -0.2) is 4.39 Å². The van der Waals surface area contributed by atoms with Crippen molar-refractivity contribution in [2.45, 2.75) is 24.3 Å². The van der Waals surface area contributed by atoms with Crippen LogP contribution in [0.5, 0.6) is 0 Å². The monoisotopic (exact) mass is 296 g/mol. The number of nitrogens with one attached hydrogen (secondary N) is 1. The van der Waals surface area contributed by atoms with E-state index in [2.05, 4.69) is 29.9 Å². The molecule has 1 atom stereocenters. The number of thiol groups is 1. The number of halogens is 2. The summed E-state index contributed by atoms with van der Waals surface area (Å²) in [6.45, 7) is 2.05. The molecule has 0 fully saturated rings. The molecule has 0 saturated carbocycles. The zero-order chi connectivity index (χ0) is 13.8. The highest BCUT2D eigenvalue weighted by Crippen LogP contribution is 2.31. The molecule has 0 aliphatic heterocycles. The molecule has 2 aromatic rings. The molecule has 0 radical (unpaired) electrons. The first-order valence-electron chi connectivity index (χ1n) is 5.96. The molecule has 1 heterocycles. The molecule has 1 N–H and O–H groups in total. The third kappa shape index (κ3) is 3.39. The molecule has 2 rings (SSSR count). The summed E-state index contributed by atoms with van der Waals surface area (Å²) >= 11 is 10.1. The van der Waals surface area contributed by atoms with E-state index in [1.807, 2.05) is 12.1 Å². The van der Waals surface area contributed by atoms with E-state index < -0.39 is 0 Å². The van der Waals surface area contributed by atoms with Crippen molar-refractivity contribution in [3.05, 3.63) is 53.1 Å². The molecule has 100 valence electrons. The molecule has 5 heteroatoms. The minimum atomic E-state index is -0.389. The number of hydrogen-bond donors (Lipinski definition) is 2. The summed E-state index contributed by atoms with van der Waals surface area (Å²) in [4.78, 5) is 4.23. The molecule has 1 aromatic heterocycles. The van der Waals surface area contributed by atoms with Crippen LogP contribution in [0.1, 0.15) is 24.9 Å². The topological polar surface area (TPSA) is 24.9 Å². The molecule has 0 amide bonds. The average Bonchev–Trinajstić information content (AvgIpc) is 2.42. The molecule has 0 bridgehead atoms. The van der Waals surface area contributed by atoms with Gasteiger partial charge >= 0.3 is 0 Å². The van der Waals surface area contributed by atoms with Gasteiger partial charge in [0, 0.05) is 17.3 Å². The molecular weight excluding hydrogens is 283 g/mol. The van der Waals surface area contributed by atoms with Crippen LogP contribution < -0.4 is 5.32 Å². The van der Waals surface area contributed by atoms with Crippen LogP contribution in [0.3, 0.4) is 0 Å². The number of anilines is 1. The van der Waals surface area contributed by atoms with Gasteiger partial charge in [-0.15, -0.1) is 12.6 Å². The number of pyridine rings is 1. The predicted octanol–water partition coefficient (Wildman–Crippen LogP) is 4.73. The Labute approximate surface area is 122 Å². The molecular formula is C14H14ClFN2S. The average molecular weight is 297 g/mol. The van der Waals surface area contributed by atoms with Gasteiger partial charge in [0.1, 0.15) is 5.82 Å². The first kappa shape index (κ1) is 14.2. The van der Waals surface area contributed by atoms with Gasteiger partial charge < -0.3 is 5.32 Å². The van der Waals surface area contributed by atoms with Gasteiger partial charge in [-0.1, -0.05) is 18.5 Å². The second-order valence-electron chi connectivity index (χ2n) is 4.17. The lowest BCUT2D eigenvalue weighted by atomic mass is 10.1. The van der Waals surface area contributed by atoms with Gasteiger partial charge in [0.2, 0.25) is 0 Å². The van der Waals surface area contributed by atoms with Crippen LogP contribution in [-0.4, -0.2) is 4.98 Å². The van der Waals surface area contributed by atoms with Crippen LogP contribution in [0.4, 0.5) is 10.1 Å². The van der Waals surface area contributed by atoms with Crippen LogP contribution in [-0.2, 0) is 0 Å². The number of aromatic nitrogens is 1. The van der Waals surface area contributed by atoms with E-state index in [-0.39, 0.29) is 16.8 Å². The number of rotatable bonds is 4. The Morgan fingerprint density at radius 1 is 1.37 bits per heavy atom. The maximum Gasteiger partial charge on any atom is 0.138 e. The Balaban J connectivity index is 2.26. The molecule has 0 saturated heterocycles. The van der Waals surface area contributed by atoms with Gasteiger partial charge in [0.25, 0.3) is 0 Å². The van der Waals surface area contributed by atoms with Gasteiger partial charge in [0.05, 0.1) is 16.8 Å². The minimum absolute atomic E-state index is 0.0608. The van der Waals surface area contributed by atoms with Crippen LogP contribution >= 0.6 is 24.2 Å². The summed E-state index contributed by atoms with van der Waals surface area (Å²) in [7, 11) is 0. The maximum atomic E-state index is 13.5. The van der Waals surface area contributed by atoms with E-state index in [0.29, 0.717) is 10.7 Å². The van der Waals surface area contributed by atoms with Gasteiger partial charge in [-0.2, -0.15) is 0 Å². The van der Waals surface area contributed by atoms with Gasteiger partial charge in [-0.3, -0.25) is 4.98 Å². The first-order valence-corrected chi connectivity index (χ1v) is 6.78. The van der Waals surface area contributed by atoms with Crippen molar-refractivity contribution in [1.82, 2.24) is 4.98 Å². The lowest BCUT2D eigenvalue weighted by Gasteiger charge is -2.19. The van der Waals surface area contributed by atoms with Gasteiger partial charge in [-0.05, 0) is 36.2 Å². The van der Waals surface area contributed by atoms with E-state index in [0.717, 1.165) is 12.0 Å². The number of hydrogen-bond acceptors (Lipinski definition) is 3. The summed E-state index contributed by atoms with van der Waals surface area (Å²) in [6, 6.07) is 6.79. The molecule has 1 aromatic carbocycles. The highest BCUT2D eigenvalue weighted by atomic mass is 35.5. The standard InChI is InChI=1S/C14H14ClFN2S/c1-2-12(9-3-5-17-6-4-9)18-13-8-11(16)14(19)7-10(13)15/h3-8,12,18-19H,2H2,1H3. The minimum Gasteiger partial charge on any atom is -0.377 e. The third-order valence-corrected chi connectivity index (χ3v) is 3.54. The number of benzene rings is 1. The maximum absolute atomic E-state index is 13.5. The Morgan fingerprint density at radius 3 is 2.68 bits per heavy atom. The molecule has 2 nitrogen and oxygen atoms in total. The normalized spacial score (nSPS) is 12.2. The Morgan fingerprint density at radius 2 is 2.05 bits per heavy atom. The molecule has 19 heavy (non-hydrogen) atoms. The van der Waals surface area contributed by atoms with Crippen molar-refractivity contribution in [2.24, 2.45) is 0 Å². The van der Waals surface area contributed by atoms with Crippen LogP contribution in [0.25, 0.3) is 0 Å². The largest absolute Gasteiger partial charge is 0.377 e. The molecule has 0 spiro atoms. The van der Waals surface area contributed by atoms with Crippen molar-refractivity contribution in [1.29, 1.82) is 0 Å². The summed E-state index contributed by atoms with van der Waals surface area (Å²) in [5, 5.41) is 3.70. The Hall–Kier alpha value is -1.26. The van der Waals surface area contributed by atoms with Crippen LogP contribution in [0, 0.1) is 5.82 Å². The predicted molar refractivity (Wildman–Crippen MR) is 79.6 cm³/mol. The number of nitrogens with zero attached hydrogens (tertiary/aromatic N) is 1. The fraction of sp³-hybridized carbons (Fsp3) is 0.214. The molecule has 0 aliphatic carbocycles. The zero-order valence-corrected chi connectivity index (χ0v) is 12.0. The molecule has 1 unspecified atom stereocenters. The van der Waals surface area contributed by atoms with Crippen LogP contribution in [0.2, 0.25) is 5.02 Å². The summed E-state index contributed by atoms with van der Waals surface area (Å²) in [5.74, 6) is -0.389. The second kappa shape index (κ2) is 6.26. The quantitative estimate of drug-likeness (QED) is 0.798. The van der Waals surface area contributed by atoms with Crippen molar-refractivity contribution < 1.29 is 4.39 Å². The van der Waals surface area contributed by atoms with E-state index in [1.54, 1.807) is 12.4 Å². The van der Waals surface area contributed by atoms with E-state index in [1.165, 1.54) is 12.1 Å². The zero-order valence-electron chi connectivity index (χ0n) is 10.4. The summed E-state index contributed by atoms with van der Waals surface area (Å²) < 4.78 is 13.5. The Bertz CT molecular complexity index is 563. The van der Waals surface area contributed by atoms with Crippen molar-refractivity contribution in [3.8, 4) is 0 Å². The highest BCUT2D eigenvalue weighted by Gasteiger charge is 2.12. The first-order chi connectivity index (χ1) is 9.11. The molecule has 0 aliphatic rings. The van der Waals surface area contributed by atoms with Gasteiger partial charge in [0.15, 0.2) is 0 Å². The van der Waals surface area contributed by atoms with Crippen molar-refractivity contribution >= 4 is 29.9 Å². The van der Waals surface area contributed by atoms with Crippen molar-refractivity contribution in [3.63, 3.8) is 0 Å².